The van der Waals surface area contributed by atoms with E-state index in [0.717, 1.165) is 44.7 Å². The summed E-state index contributed by atoms with van der Waals surface area (Å²) >= 11 is 0. The predicted molar refractivity (Wildman–Crippen MR) is 99.8 cm³/mol. The molecule has 1 aromatic rings. The lowest BCUT2D eigenvalue weighted by atomic mass is 10.0. The van der Waals surface area contributed by atoms with E-state index in [4.69, 9.17) is 0 Å². The third-order valence-corrected chi connectivity index (χ3v) is 4.94. The van der Waals surface area contributed by atoms with Gasteiger partial charge in [0.2, 0.25) is 5.91 Å². The van der Waals surface area contributed by atoms with Crippen molar-refractivity contribution in [3.8, 4) is 0 Å². The van der Waals surface area contributed by atoms with E-state index >= 15 is 0 Å². The van der Waals surface area contributed by atoms with Gasteiger partial charge in [-0.25, -0.2) is 4.39 Å². The van der Waals surface area contributed by atoms with Gasteiger partial charge in [-0.3, -0.25) is 9.69 Å². The first-order chi connectivity index (χ1) is 11.9. The van der Waals surface area contributed by atoms with Gasteiger partial charge in [-0.05, 0) is 44.1 Å². The smallest absolute Gasteiger partial charge is 0.223 e. The Hall–Kier alpha value is -1.46. The van der Waals surface area contributed by atoms with Crippen LogP contribution < -0.4 is 0 Å². The molecule has 0 N–H and O–H groups in total. The Kier molecular flexibility index (Phi) is 7.38. The van der Waals surface area contributed by atoms with Gasteiger partial charge in [0, 0.05) is 45.2 Å². The lowest BCUT2D eigenvalue weighted by Gasteiger charge is -2.34. The predicted octanol–water partition coefficient (Wildman–Crippen LogP) is 2.84. The second-order valence-corrected chi connectivity index (χ2v) is 7.65. The van der Waals surface area contributed by atoms with Crippen LogP contribution in [0.4, 0.5) is 4.39 Å². The van der Waals surface area contributed by atoms with Crippen LogP contribution in [0.1, 0.15) is 32.3 Å². The van der Waals surface area contributed by atoms with Crippen molar-refractivity contribution in [3.05, 3.63) is 35.6 Å². The molecule has 4 nitrogen and oxygen atoms in total. The molecule has 25 heavy (non-hydrogen) atoms. The van der Waals surface area contributed by atoms with E-state index in [1.165, 1.54) is 12.1 Å². The maximum absolute atomic E-state index is 13.1. The van der Waals surface area contributed by atoms with Crippen LogP contribution >= 0.6 is 0 Å². The molecule has 0 saturated carbocycles. The third kappa shape index (κ3) is 6.08. The van der Waals surface area contributed by atoms with Crippen LogP contribution in [-0.2, 0) is 11.3 Å². The maximum atomic E-state index is 13.1. The van der Waals surface area contributed by atoms with Gasteiger partial charge < -0.3 is 9.80 Å². The second kappa shape index (κ2) is 9.30. The minimum atomic E-state index is -0.197. The van der Waals surface area contributed by atoms with E-state index in [0.29, 0.717) is 18.4 Å². The molecule has 1 aromatic carbocycles. The lowest BCUT2D eigenvalue weighted by molar-refractivity contribution is -0.132. The Balaban J connectivity index is 2.04. The zero-order valence-electron chi connectivity index (χ0n) is 16.0. The summed E-state index contributed by atoms with van der Waals surface area (Å²) < 4.78 is 13.1. The molecule has 0 aliphatic carbocycles. The highest BCUT2D eigenvalue weighted by molar-refractivity contribution is 5.76. The molecular formula is C20H32FN3O. The van der Waals surface area contributed by atoms with Crippen LogP contribution in [0.15, 0.2) is 24.3 Å². The van der Waals surface area contributed by atoms with Gasteiger partial charge >= 0.3 is 0 Å². The molecule has 1 saturated heterocycles. The summed E-state index contributed by atoms with van der Waals surface area (Å²) in [4.78, 5) is 19.1. The molecule has 140 valence electrons. The van der Waals surface area contributed by atoms with Gasteiger partial charge in [0.05, 0.1) is 0 Å². The van der Waals surface area contributed by atoms with Gasteiger partial charge in [0.1, 0.15) is 5.82 Å². The highest BCUT2D eigenvalue weighted by Gasteiger charge is 2.29. The Bertz CT molecular complexity index is 544. The fourth-order valence-electron chi connectivity index (χ4n) is 3.42. The number of hydrogen-bond acceptors (Lipinski definition) is 3. The molecule has 1 fully saturated rings. The molecule has 2 rings (SSSR count). The molecule has 1 heterocycles. The number of halogens is 1. The SMILES string of the molecule is CC(C)C1CN(C(=O)CCN(C)C)CCCN1Cc1ccc(F)cc1. The molecule has 1 amide bonds. The summed E-state index contributed by atoms with van der Waals surface area (Å²) in [6.07, 6.45) is 1.56. The minimum absolute atomic E-state index is 0.197. The summed E-state index contributed by atoms with van der Waals surface area (Å²) in [6, 6.07) is 7.09. The molecule has 1 atom stereocenters. The van der Waals surface area contributed by atoms with E-state index in [1.54, 1.807) is 0 Å². The Morgan fingerprint density at radius 3 is 2.52 bits per heavy atom. The number of carbonyl (C=O) groups excluding carboxylic acids is 1. The van der Waals surface area contributed by atoms with Crippen LogP contribution in [0, 0.1) is 11.7 Å². The highest BCUT2D eigenvalue weighted by atomic mass is 19.1. The molecule has 5 heteroatoms. The van der Waals surface area contributed by atoms with Crippen LogP contribution in [0.5, 0.6) is 0 Å². The average Bonchev–Trinajstić information content (AvgIpc) is 2.77. The third-order valence-electron chi connectivity index (χ3n) is 4.94. The Morgan fingerprint density at radius 2 is 1.92 bits per heavy atom. The van der Waals surface area contributed by atoms with Gasteiger partial charge in [-0.1, -0.05) is 26.0 Å². The van der Waals surface area contributed by atoms with Crippen molar-refractivity contribution in [2.24, 2.45) is 5.92 Å². The highest BCUT2D eigenvalue weighted by Crippen LogP contribution is 2.20. The van der Waals surface area contributed by atoms with E-state index in [2.05, 4.69) is 23.6 Å². The molecular weight excluding hydrogens is 317 g/mol. The van der Waals surface area contributed by atoms with E-state index < -0.39 is 0 Å². The maximum Gasteiger partial charge on any atom is 0.223 e. The average molecular weight is 349 g/mol. The van der Waals surface area contributed by atoms with E-state index in [1.807, 2.05) is 31.1 Å². The van der Waals surface area contributed by atoms with Crippen molar-refractivity contribution < 1.29 is 9.18 Å². The topological polar surface area (TPSA) is 26.8 Å². The molecule has 0 aromatic heterocycles. The molecule has 0 bridgehead atoms. The number of nitrogens with zero attached hydrogens (tertiary/aromatic N) is 3. The van der Waals surface area contributed by atoms with Gasteiger partial charge in [-0.15, -0.1) is 0 Å². The summed E-state index contributed by atoms with van der Waals surface area (Å²) in [5.74, 6) is 0.517. The summed E-state index contributed by atoms with van der Waals surface area (Å²) in [7, 11) is 3.99. The standard InChI is InChI=1S/C20H32FN3O/c1-16(2)19-15-24(20(25)10-13-22(3)4)12-5-11-23(19)14-17-6-8-18(21)9-7-17/h6-9,16,19H,5,10-15H2,1-4H3. The number of hydrogen-bond donors (Lipinski definition) is 0. The van der Waals surface area contributed by atoms with Crippen LogP contribution in [-0.4, -0.2) is 66.9 Å². The monoisotopic (exact) mass is 349 g/mol. The van der Waals surface area contributed by atoms with E-state index in [9.17, 15) is 9.18 Å². The zero-order chi connectivity index (χ0) is 18.4. The fourth-order valence-corrected chi connectivity index (χ4v) is 3.42. The number of rotatable bonds is 6. The van der Waals surface area contributed by atoms with Crippen molar-refractivity contribution in [1.82, 2.24) is 14.7 Å². The normalized spacial score (nSPS) is 19.5. The first-order valence-electron chi connectivity index (χ1n) is 9.28. The largest absolute Gasteiger partial charge is 0.341 e. The van der Waals surface area contributed by atoms with Gasteiger partial charge in [0.15, 0.2) is 0 Å². The van der Waals surface area contributed by atoms with Crippen LogP contribution in [0.3, 0.4) is 0 Å². The van der Waals surface area contributed by atoms with Gasteiger partial charge in [-0.2, -0.15) is 0 Å². The van der Waals surface area contributed by atoms with Crippen LogP contribution in [0.2, 0.25) is 0 Å². The molecule has 1 unspecified atom stereocenters. The van der Waals surface area contributed by atoms with Crippen molar-refractivity contribution in [2.45, 2.75) is 39.3 Å². The molecule has 0 spiro atoms. The minimum Gasteiger partial charge on any atom is -0.341 e. The first kappa shape index (κ1) is 19.9. The van der Waals surface area contributed by atoms with Crippen LogP contribution in [0.25, 0.3) is 0 Å². The van der Waals surface area contributed by atoms with Crippen molar-refractivity contribution in [3.63, 3.8) is 0 Å². The summed E-state index contributed by atoms with van der Waals surface area (Å²) in [5.41, 5.74) is 1.12. The summed E-state index contributed by atoms with van der Waals surface area (Å²) in [6.45, 7) is 8.62. The van der Waals surface area contributed by atoms with Gasteiger partial charge in [0.25, 0.3) is 0 Å². The zero-order valence-corrected chi connectivity index (χ0v) is 16.0. The second-order valence-electron chi connectivity index (χ2n) is 7.65. The summed E-state index contributed by atoms with van der Waals surface area (Å²) in [5, 5.41) is 0. The number of carbonyl (C=O) groups is 1. The first-order valence-corrected chi connectivity index (χ1v) is 9.28. The Labute approximate surface area is 151 Å². The van der Waals surface area contributed by atoms with E-state index in [-0.39, 0.29) is 11.7 Å². The molecule has 1 aliphatic heterocycles. The number of amides is 1. The Morgan fingerprint density at radius 1 is 1.24 bits per heavy atom. The molecule has 1 aliphatic rings. The molecule has 0 radical (unpaired) electrons. The fraction of sp³-hybridized carbons (Fsp3) is 0.650. The lowest BCUT2D eigenvalue weighted by Crippen LogP contribution is -2.45. The van der Waals surface area contributed by atoms with Crippen molar-refractivity contribution in [1.29, 1.82) is 0 Å². The van der Waals surface area contributed by atoms with Crippen molar-refractivity contribution in [2.75, 3.05) is 40.3 Å². The van der Waals surface area contributed by atoms with Crippen molar-refractivity contribution >= 4 is 5.91 Å². The quantitative estimate of drug-likeness (QED) is 0.790. The number of benzene rings is 1.